The largest absolute Gasteiger partial charge is 0.382 e. The third kappa shape index (κ3) is 4.35. The third-order valence-electron chi connectivity index (χ3n) is 2.63. The van der Waals surface area contributed by atoms with Gasteiger partial charge in [-0.3, -0.25) is 4.68 Å². The van der Waals surface area contributed by atoms with Gasteiger partial charge in [-0.05, 0) is 36.2 Å². The second-order valence-corrected chi connectivity index (χ2v) is 5.27. The van der Waals surface area contributed by atoms with Gasteiger partial charge in [0.1, 0.15) is 0 Å². The van der Waals surface area contributed by atoms with E-state index in [0.29, 0.717) is 25.9 Å². The van der Waals surface area contributed by atoms with Crippen LogP contribution in [-0.4, -0.2) is 36.7 Å². The average molecular weight is 320 g/mol. The van der Waals surface area contributed by atoms with Gasteiger partial charge >= 0.3 is 0 Å². The molecule has 0 aliphatic rings. The lowest BCUT2D eigenvalue weighted by Crippen LogP contribution is -2.20. The molecule has 0 fully saturated rings. The number of hydrogen-bond acceptors (Lipinski definition) is 4. The molecule has 1 unspecified atom stereocenters. The summed E-state index contributed by atoms with van der Waals surface area (Å²) in [6, 6.07) is 0.221. The second kappa shape index (κ2) is 7.89. The van der Waals surface area contributed by atoms with Gasteiger partial charge in [0.05, 0.1) is 35.6 Å². The van der Waals surface area contributed by atoms with Gasteiger partial charge in [0, 0.05) is 19.8 Å². The lowest BCUT2D eigenvalue weighted by Gasteiger charge is -2.17. The molecule has 6 heteroatoms. The van der Waals surface area contributed by atoms with E-state index in [1.54, 1.807) is 13.3 Å². The molecule has 1 rings (SSSR count). The Kier molecular flexibility index (Phi) is 6.85. The lowest BCUT2D eigenvalue weighted by molar-refractivity contribution is 0.0668. The lowest BCUT2D eigenvalue weighted by atomic mass is 10.1. The highest BCUT2D eigenvalue weighted by Gasteiger charge is 2.17. The van der Waals surface area contributed by atoms with Gasteiger partial charge in [0.25, 0.3) is 0 Å². The summed E-state index contributed by atoms with van der Waals surface area (Å²) in [5.74, 6) is 0. The minimum atomic E-state index is -0.0770. The molecular weight excluding hydrogens is 298 g/mol. The monoisotopic (exact) mass is 319 g/mol. The summed E-state index contributed by atoms with van der Waals surface area (Å²) >= 11 is 3.50. The van der Waals surface area contributed by atoms with E-state index in [2.05, 4.69) is 34.9 Å². The number of nitrogens with zero attached hydrogens (tertiary/aromatic N) is 2. The fourth-order valence-corrected chi connectivity index (χ4v) is 2.27. The number of methoxy groups -OCH3 is 1. The maximum Gasteiger partial charge on any atom is 0.0700 e. The molecule has 1 atom stereocenters. The maximum absolute atomic E-state index is 6.19. The molecule has 0 bridgehead atoms. The van der Waals surface area contributed by atoms with Gasteiger partial charge in [0.15, 0.2) is 0 Å². The van der Waals surface area contributed by atoms with Crippen LogP contribution in [-0.2, 0) is 9.47 Å². The van der Waals surface area contributed by atoms with Crippen LogP contribution in [0.3, 0.4) is 0 Å². The summed E-state index contributed by atoms with van der Waals surface area (Å²) in [7, 11) is 1.66. The van der Waals surface area contributed by atoms with E-state index in [1.807, 2.05) is 4.68 Å². The molecule has 0 radical (unpaired) electrons. The van der Waals surface area contributed by atoms with Crippen LogP contribution in [0, 0.1) is 0 Å². The van der Waals surface area contributed by atoms with Crippen molar-refractivity contribution in [3.05, 3.63) is 16.4 Å². The molecule has 1 aromatic rings. The molecule has 1 aromatic heterocycles. The topological polar surface area (TPSA) is 62.3 Å². The van der Waals surface area contributed by atoms with Crippen molar-refractivity contribution in [2.24, 2.45) is 5.73 Å². The first kappa shape index (κ1) is 15.6. The molecule has 2 N–H and O–H groups in total. The van der Waals surface area contributed by atoms with Gasteiger partial charge in [-0.1, -0.05) is 0 Å². The van der Waals surface area contributed by atoms with Crippen LogP contribution < -0.4 is 5.73 Å². The summed E-state index contributed by atoms with van der Waals surface area (Å²) in [5, 5.41) is 4.32. The van der Waals surface area contributed by atoms with Crippen molar-refractivity contribution in [1.82, 2.24) is 9.78 Å². The summed E-state index contributed by atoms with van der Waals surface area (Å²) in [6.07, 6.45) is 2.56. The van der Waals surface area contributed by atoms with Gasteiger partial charge < -0.3 is 15.2 Å². The Hall–Kier alpha value is -0.430. The number of ether oxygens (including phenoxy) is 2. The molecular formula is C12H22BrN3O2. The predicted molar refractivity (Wildman–Crippen MR) is 74.6 cm³/mol. The summed E-state index contributed by atoms with van der Waals surface area (Å²) in [4.78, 5) is 0. The van der Waals surface area contributed by atoms with Gasteiger partial charge in [0.2, 0.25) is 0 Å². The first-order chi connectivity index (χ1) is 8.57. The van der Waals surface area contributed by atoms with Crippen molar-refractivity contribution < 1.29 is 9.47 Å². The summed E-state index contributed by atoms with van der Waals surface area (Å²) in [5.41, 5.74) is 7.22. The summed E-state index contributed by atoms with van der Waals surface area (Å²) < 4.78 is 13.3. The van der Waals surface area contributed by atoms with Crippen molar-refractivity contribution >= 4 is 15.9 Å². The zero-order valence-electron chi connectivity index (χ0n) is 11.2. The number of nitrogens with two attached hydrogens (primary N) is 1. The quantitative estimate of drug-likeness (QED) is 0.747. The molecule has 0 aliphatic heterocycles. The third-order valence-corrected chi connectivity index (χ3v) is 3.24. The Balaban J connectivity index is 2.50. The number of rotatable bonds is 8. The van der Waals surface area contributed by atoms with Gasteiger partial charge in [-0.15, -0.1) is 0 Å². The predicted octanol–water partition coefficient (Wildman–Crippen LogP) is 2.28. The first-order valence-electron chi connectivity index (χ1n) is 6.13. The molecule has 18 heavy (non-hydrogen) atoms. The standard InChI is InChI=1S/C12H22BrN3O2/c1-9(2)16-12(10(13)8-15-16)11(14)4-5-18-7-6-17-3/h8-9,11H,4-7,14H2,1-3H3. The van der Waals surface area contributed by atoms with Crippen LogP contribution in [0.5, 0.6) is 0 Å². The normalized spacial score (nSPS) is 13.2. The fourth-order valence-electron chi connectivity index (χ4n) is 1.70. The Morgan fingerprint density at radius 3 is 2.72 bits per heavy atom. The highest BCUT2D eigenvalue weighted by atomic mass is 79.9. The Morgan fingerprint density at radius 1 is 1.39 bits per heavy atom. The molecule has 0 spiro atoms. The molecule has 5 nitrogen and oxygen atoms in total. The molecule has 1 heterocycles. The SMILES string of the molecule is COCCOCCC(N)c1c(Br)cnn1C(C)C. The minimum Gasteiger partial charge on any atom is -0.382 e. The van der Waals surface area contributed by atoms with E-state index in [9.17, 15) is 0 Å². The van der Waals surface area contributed by atoms with E-state index in [1.165, 1.54) is 0 Å². The summed E-state index contributed by atoms with van der Waals surface area (Å²) in [6.45, 7) is 6.02. The zero-order chi connectivity index (χ0) is 13.5. The molecule has 0 saturated heterocycles. The number of hydrogen-bond donors (Lipinski definition) is 1. The van der Waals surface area contributed by atoms with Crippen LogP contribution >= 0.6 is 15.9 Å². The van der Waals surface area contributed by atoms with Crippen LogP contribution in [0.1, 0.15) is 38.0 Å². The van der Waals surface area contributed by atoms with Gasteiger partial charge in [-0.2, -0.15) is 5.10 Å². The first-order valence-corrected chi connectivity index (χ1v) is 6.92. The molecule has 104 valence electrons. The average Bonchev–Trinajstić information content (AvgIpc) is 2.71. The van der Waals surface area contributed by atoms with E-state index in [-0.39, 0.29) is 6.04 Å². The minimum absolute atomic E-state index is 0.0770. The number of aromatic nitrogens is 2. The van der Waals surface area contributed by atoms with Crippen LogP contribution in [0.2, 0.25) is 0 Å². The highest BCUT2D eigenvalue weighted by molar-refractivity contribution is 9.10. The van der Waals surface area contributed by atoms with Crippen LogP contribution in [0.25, 0.3) is 0 Å². The van der Waals surface area contributed by atoms with E-state index in [4.69, 9.17) is 15.2 Å². The molecule has 0 aliphatic carbocycles. The maximum atomic E-state index is 6.19. The molecule has 0 amide bonds. The second-order valence-electron chi connectivity index (χ2n) is 4.42. The highest BCUT2D eigenvalue weighted by Crippen LogP contribution is 2.26. The van der Waals surface area contributed by atoms with E-state index in [0.717, 1.165) is 16.6 Å². The van der Waals surface area contributed by atoms with Crippen molar-refractivity contribution in [1.29, 1.82) is 0 Å². The van der Waals surface area contributed by atoms with Crippen LogP contribution in [0.15, 0.2) is 10.7 Å². The van der Waals surface area contributed by atoms with E-state index < -0.39 is 0 Å². The Morgan fingerprint density at radius 2 is 2.11 bits per heavy atom. The fraction of sp³-hybridized carbons (Fsp3) is 0.750. The van der Waals surface area contributed by atoms with Crippen LogP contribution in [0.4, 0.5) is 0 Å². The molecule has 0 saturated carbocycles. The smallest absolute Gasteiger partial charge is 0.0700 e. The number of halogens is 1. The van der Waals surface area contributed by atoms with Crippen molar-refractivity contribution in [2.45, 2.75) is 32.4 Å². The van der Waals surface area contributed by atoms with Crippen molar-refractivity contribution in [2.75, 3.05) is 26.9 Å². The zero-order valence-corrected chi connectivity index (χ0v) is 12.8. The van der Waals surface area contributed by atoms with E-state index >= 15 is 0 Å². The molecule has 0 aromatic carbocycles. The Labute approximate surface area is 117 Å². The van der Waals surface area contributed by atoms with Crippen molar-refractivity contribution in [3.63, 3.8) is 0 Å². The van der Waals surface area contributed by atoms with Crippen molar-refractivity contribution in [3.8, 4) is 0 Å². The van der Waals surface area contributed by atoms with Gasteiger partial charge in [-0.25, -0.2) is 0 Å². The Bertz CT molecular complexity index is 355.